The molecule has 31 heavy (non-hydrogen) atoms. The highest BCUT2D eigenvalue weighted by Crippen LogP contribution is 2.26. The van der Waals surface area contributed by atoms with Gasteiger partial charge >= 0.3 is 5.97 Å². The molecule has 3 aromatic rings. The molecule has 1 aliphatic heterocycles. The smallest absolute Gasteiger partial charge is 0.363 e. The Labute approximate surface area is 180 Å². The summed E-state index contributed by atoms with van der Waals surface area (Å²) in [5, 5.41) is 0. The Hall–Kier alpha value is -3.73. The van der Waals surface area contributed by atoms with Crippen LogP contribution in [0.1, 0.15) is 42.0 Å². The van der Waals surface area contributed by atoms with E-state index in [1.54, 1.807) is 18.2 Å². The van der Waals surface area contributed by atoms with Crippen molar-refractivity contribution in [2.45, 2.75) is 26.4 Å². The molecule has 4 rings (SSSR count). The summed E-state index contributed by atoms with van der Waals surface area (Å²) in [6.45, 7) is 4.53. The number of carbonyl (C=O) groups excluding carboxylic acids is 1. The SMILES string of the molecule is CC(C)c1ccc(C2=N/C(=C\c3ccccc3OCc3ccc(F)cc3)C(=O)O2)cc1. The van der Waals surface area contributed by atoms with Gasteiger partial charge in [0.25, 0.3) is 0 Å². The number of hydrogen-bond acceptors (Lipinski definition) is 4. The highest BCUT2D eigenvalue weighted by Gasteiger charge is 2.24. The van der Waals surface area contributed by atoms with Gasteiger partial charge in [0, 0.05) is 11.1 Å². The molecule has 0 atom stereocenters. The van der Waals surface area contributed by atoms with Crippen molar-refractivity contribution in [1.82, 2.24) is 0 Å². The average molecular weight is 415 g/mol. The third kappa shape index (κ3) is 4.89. The van der Waals surface area contributed by atoms with Crippen molar-refractivity contribution in [1.29, 1.82) is 0 Å². The predicted molar refractivity (Wildman–Crippen MR) is 118 cm³/mol. The van der Waals surface area contributed by atoms with Gasteiger partial charge in [0.2, 0.25) is 5.90 Å². The molecular weight excluding hydrogens is 393 g/mol. The molecule has 0 N–H and O–H groups in total. The molecule has 1 aliphatic rings. The molecule has 0 saturated carbocycles. The lowest BCUT2D eigenvalue weighted by Crippen LogP contribution is -2.05. The van der Waals surface area contributed by atoms with Gasteiger partial charge in [-0.05, 0) is 53.5 Å². The summed E-state index contributed by atoms with van der Waals surface area (Å²) in [7, 11) is 0. The Morgan fingerprint density at radius 1 is 1.00 bits per heavy atom. The lowest BCUT2D eigenvalue weighted by Gasteiger charge is -2.09. The number of rotatable bonds is 6. The molecule has 0 aliphatic carbocycles. The number of hydrogen-bond donors (Lipinski definition) is 0. The third-order valence-corrected chi connectivity index (χ3v) is 4.96. The first kappa shape index (κ1) is 20.5. The van der Waals surface area contributed by atoms with Crippen molar-refractivity contribution in [2.24, 2.45) is 4.99 Å². The van der Waals surface area contributed by atoms with Gasteiger partial charge in [0.1, 0.15) is 18.2 Å². The second-order valence-electron chi connectivity index (χ2n) is 7.57. The first-order valence-electron chi connectivity index (χ1n) is 10.1. The van der Waals surface area contributed by atoms with E-state index < -0.39 is 5.97 Å². The first-order valence-corrected chi connectivity index (χ1v) is 10.1. The van der Waals surface area contributed by atoms with Gasteiger partial charge in [-0.25, -0.2) is 14.2 Å². The van der Waals surface area contributed by atoms with Gasteiger partial charge in [0.05, 0.1) is 0 Å². The summed E-state index contributed by atoms with van der Waals surface area (Å²) in [6, 6.07) is 21.3. The van der Waals surface area contributed by atoms with E-state index in [4.69, 9.17) is 9.47 Å². The van der Waals surface area contributed by atoms with Crippen LogP contribution in [0.15, 0.2) is 83.5 Å². The maximum atomic E-state index is 13.1. The summed E-state index contributed by atoms with van der Waals surface area (Å²) < 4.78 is 24.3. The highest BCUT2D eigenvalue weighted by atomic mass is 19.1. The van der Waals surface area contributed by atoms with Crippen LogP contribution in [-0.2, 0) is 16.1 Å². The van der Waals surface area contributed by atoms with E-state index >= 15 is 0 Å². The van der Waals surface area contributed by atoms with Crippen LogP contribution in [-0.4, -0.2) is 11.9 Å². The minimum atomic E-state index is -0.503. The van der Waals surface area contributed by atoms with Gasteiger partial charge in [0.15, 0.2) is 5.70 Å². The Kier molecular flexibility index (Phi) is 5.94. The molecule has 0 spiro atoms. The Morgan fingerprint density at radius 2 is 1.71 bits per heavy atom. The van der Waals surface area contributed by atoms with Gasteiger partial charge in [-0.2, -0.15) is 0 Å². The third-order valence-electron chi connectivity index (χ3n) is 4.96. The quantitative estimate of drug-likeness (QED) is 0.374. The number of esters is 1. The fourth-order valence-corrected chi connectivity index (χ4v) is 3.16. The molecule has 156 valence electrons. The summed E-state index contributed by atoms with van der Waals surface area (Å²) in [5.41, 5.74) is 3.71. The molecule has 3 aromatic carbocycles. The summed E-state index contributed by atoms with van der Waals surface area (Å²) in [6.07, 6.45) is 1.65. The first-order chi connectivity index (χ1) is 15.0. The Morgan fingerprint density at radius 3 is 2.42 bits per heavy atom. The van der Waals surface area contributed by atoms with E-state index in [1.807, 2.05) is 48.5 Å². The lowest BCUT2D eigenvalue weighted by molar-refractivity contribution is -0.129. The van der Waals surface area contributed by atoms with Gasteiger partial charge in [-0.15, -0.1) is 0 Å². The minimum Gasteiger partial charge on any atom is -0.488 e. The van der Waals surface area contributed by atoms with Crippen LogP contribution in [0, 0.1) is 5.82 Å². The average Bonchev–Trinajstić information content (AvgIpc) is 3.14. The standard InChI is InChI=1S/C26H22FNO3/c1-17(2)19-9-11-20(12-10-19)25-28-23(26(29)31-25)15-21-5-3-4-6-24(21)30-16-18-7-13-22(27)14-8-18/h3-15,17H,16H2,1-2H3/b23-15-. The van der Waals surface area contributed by atoms with Gasteiger partial charge in [-0.3, -0.25) is 0 Å². The zero-order chi connectivity index (χ0) is 21.8. The number of para-hydroxylation sites is 1. The normalized spacial score (nSPS) is 14.6. The number of nitrogens with zero attached hydrogens (tertiary/aromatic N) is 1. The lowest BCUT2D eigenvalue weighted by atomic mass is 10.0. The molecule has 0 amide bonds. The van der Waals surface area contributed by atoms with Crippen LogP contribution in [0.3, 0.4) is 0 Å². The highest BCUT2D eigenvalue weighted by molar-refractivity contribution is 6.12. The van der Waals surface area contributed by atoms with E-state index in [0.717, 1.165) is 11.1 Å². The molecule has 0 aromatic heterocycles. The number of halogens is 1. The maximum Gasteiger partial charge on any atom is 0.363 e. The van der Waals surface area contributed by atoms with Crippen LogP contribution in [0.25, 0.3) is 6.08 Å². The number of benzene rings is 3. The topological polar surface area (TPSA) is 47.9 Å². The minimum absolute atomic E-state index is 0.209. The number of ether oxygens (including phenoxy) is 2. The van der Waals surface area contributed by atoms with Crippen molar-refractivity contribution in [3.05, 3.63) is 107 Å². The number of carbonyl (C=O) groups is 1. The van der Waals surface area contributed by atoms with Crippen LogP contribution in [0.4, 0.5) is 4.39 Å². The molecule has 0 bridgehead atoms. The maximum absolute atomic E-state index is 13.1. The van der Waals surface area contributed by atoms with Crippen molar-refractivity contribution >= 4 is 17.9 Å². The number of aliphatic imine (C=N–C) groups is 1. The van der Waals surface area contributed by atoms with E-state index in [2.05, 4.69) is 18.8 Å². The fourth-order valence-electron chi connectivity index (χ4n) is 3.16. The van der Waals surface area contributed by atoms with Crippen LogP contribution in [0.5, 0.6) is 5.75 Å². The zero-order valence-corrected chi connectivity index (χ0v) is 17.3. The molecule has 0 fully saturated rings. The van der Waals surface area contributed by atoms with Crippen LogP contribution in [0.2, 0.25) is 0 Å². The molecule has 5 heteroatoms. The van der Waals surface area contributed by atoms with Crippen molar-refractivity contribution in [3.63, 3.8) is 0 Å². The van der Waals surface area contributed by atoms with Crippen LogP contribution >= 0.6 is 0 Å². The Bertz CT molecular complexity index is 1150. The van der Waals surface area contributed by atoms with E-state index in [1.165, 1.54) is 17.7 Å². The molecule has 1 heterocycles. The molecule has 4 nitrogen and oxygen atoms in total. The molecule has 0 saturated heterocycles. The summed E-state index contributed by atoms with van der Waals surface area (Å²) in [4.78, 5) is 16.8. The predicted octanol–water partition coefficient (Wildman–Crippen LogP) is 5.87. The summed E-state index contributed by atoms with van der Waals surface area (Å²) in [5.74, 6) is 0.509. The van der Waals surface area contributed by atoms with Crippen LogP contribution < -0.4 is 4.74 Å². The van der Waals surface area contributed by atoms with Crippen molar-refractivity contribution in [2.75, 3.05) is 0 Å². The summed E-state index contributed by atoms with van der Waals surface area (Å²) >= 11 is 0. The number of cyclic esters (lactones) is 1. The van der Waals surface area contributed by atoms with Crippen molar-refractivity contribution in [3.8, 4) is 5.75 Å². The second kappa shape index (κ2) is 8.96. The molecule has 0 unspecified atom stereocenters. The van der Waals surface area contributed by atoms with Gasteiger partial charge < -0.3 is 9.47 Å². The Balaban J connectivity index is 1.55. The fraction of sp³-hybridized carbons (Fsp3) is 0.154. The van der Waals surface area contributed by atoms with Gasteiger partial charge in [-0.1, -0.05) is 56.3 Å². The van der Waals surface area contributed by atoms with E-state index in [-0.39, 0.29) is 24.0 Å². The van der Waals surface area contributed by atoms with E-state index in [0.29, 0.717) is 17.2 Å². The van der Waals surface area contributed by atoms with Crippen molar-refractivity contribution < 1.29 is 18.7 Å². The molecular formula is C26H22FNO3. The monoisotopic (exact) mass is 415 g/mol. The molecule has 0 radical (unpaired) electrons. The zero-order valence-electron chi connectivity index (χ0n) is 17.3. The van der Waals surface area contributed by atoms with E-state index in [9.17, 15) is 9.18 Å². The second-order valence-corrected chi connectivity index (χ2v) is 7.57. The largest absolute Gasteiger partial charge is 0.488 e.